The highest BCUT2D eigenvalue weighted by molar-refractivity contribution is 9.10. The Morgan fingerprint density at radius 2 is 2.04 bits per heavy atom. The molecule has 1 unspecified atom stereocenters. The molecule has 0 bridgehead atoms. The van der Waals surface area contributed by atoms with Gasteiger partial charge in [-0.15, -0.1) is 0 Å². The summed E-state index contributed by atoms with van der Waals surface area (Å²) in [4.78, 5) is 38.7. The average molecular weight is 465 g/mol. The van der Waals surface area contributed by atoms with E-state index in [0.29, 0.717) is 23.7 Å². The molecule has 0 aliphatic carbocycles. The van der Waals surface area contributed by atoms with E-state index in [9.17, 15) is 14.4 Å². The summed E-state index contributed by atoms with van der Waals surface area (Å²) in [5, 5.41) is 5.61. The Balaban J connectivity index is 1.55. The lowest BCUT2D eigenvalue weighted by Crippen LogP contribution is -2.40. The first-order valence-corrected chi connectivity index (χ1v) is 9.93. The molecule has 1 atom stereocenters. The van der Waals surface area contributed by atoms with Crippen molar-refractivity contribution >= 4 is 56.6 Å². The van der Waals surface area contributed by atoms with Gasteiger partial charge in [0.25, 0.3) is 0 Å². The Bertz CT molecular complexity index is 935. The standard InChI is InChI=1S/C20H19BrClN3O3/c1-12-5-6-17(16(22)9-12)24-18(26)11-23-19(27)15-7-8-25(20(15)28)14-4-2-3-13(21)10-14/h2-6,9-10,15H,7-8,11H2,1H3,(H,23,27)(H,24,26). The van der Waals surface area contributed by atoms with Crippen molar-refractivity contribution in [2.75, 3.05) is 23.3 Å². The molecule has 146 valence electrons. The molecule has 0 aromatic heterocycles. The molecule has 1 aliphatic heterocycles. The number of rotatable bonds is 5. The van der Waals surface area contributed by atoms with Gasteiger partial charge in [-0.05, 0) is 49.2 Å². The summed E-state index contributed by atoms with van der Waals surface area (Å²) in [6.45, 7) is 2.12. The van der Waals surface area contributed by atoms with Gasteiger partial charge in [-0.2, -0.15) is 0 Å². The van der Waals surface area contributed by atoms with Crippen LogP contribution in [0.2, 0.25) is 5.02 Å². The Kier molecular flexibility index (Phi) is 6.36. The minimum absolute atomic E-state index is 0.232. The van der Waals surface area contributed by atoms with E-state index in [0.717, 1.165) is 15.7 Å². The van der Waals surface area contributed by atoms with Crippen molar-refractivity contribution in [1.82, 2.24) is 5.32 Å². The number of hydrogen-bond acceptors (Lipinski definition) is 3. The molecule has 2 aromatic rings. The van der Waals surface area contributed by atoms with E-state index in [1.807, 2.05) is 37.3 Å². The highest BCUT2D eigenvalue weighted by Gasteiger charge is 2.37. The minimum Gasteiger partial charge on any atom is -0.346 e. The molecule has 3 rings (SSSR count). The van der Waals surface area contributed by atoms with Gasteiger partial charge in [0.2, 0.25) is 17.7 Å². The number of amides is 3. The third kappa shape index (κ3) is 4.72. The van der Waals surface area contributed by atoms with Gasteiger partial charge >= 0.3 is 0 Å². The number of halogens is 2. The van der Waals surface area contributed by atoms with Gasteiger partial charge in [0.1, 0.15) is 5.92 Å². The van der Waals surface area contributed by atoms with Crippen LogP contribution in [-0.4, -0.2) is 30.8 Å². The lowest BCUT2D eigenvalue weighted by molar-refractivity contribution is -0.133. The van der Waals surface area contributed by atoms with Crippen molar-refractivity contribution in [2.45, 2.75) is 13.3 Å². The van der Waals surface area contributed by atoms with Crippen molar-refractivity contribution in [3.05, 3.63) is 57.5 Å². The number of carbonyl (C=O) groups is 3. The second-order valence-electron chi connectivity index (χ2n) is 6.56. The number of aryl methyl sites for hydroxylation is 1. The van der Waals surface area contributed by atoms with Crippen LogP contribution in [0, 0.1) is 12.8 Å². The van der Waals surface area contributed by atoms with Crippen LogP contribution in [0.1, 0.15) is 12.0 Å². The maximum Gasteiger partial charge on any atom is 0.243 e. The van der Waals surface area contributed by atoms with Crippen LogP contribution < -0.4 is 15.5 Å². The van der Waals surface area contributed by atoms with Crippen molar-refractivity contribution in [3.63, 3.8) is 0 Å². The van der Waals surface area contributed by atoms with Gasteiger partial charge in [-0.1, -0.05) is 39.7 Å². The second-order valence-corrected chi connectivity index (χ2v) is 7.88. The van der Waals surface area contributed by atoms with Gasteiger partial charge in [-0.25, -0.2) is 0 Å². The van der Waals surface area contributed by atoms with E-state index in [2.05, 4.69) is 26.6 Å². The number of anilines is 2. The van der Waals surface area contributed by atoms with Crippen molar-refractivity contribution in [1.29, 1.82) is 0 Å². The smallest absolute Gasteiger partial charge is 0.243 e. The van der Waals surface area contributed by atoms with E-state index in [-0.39, 0.29) is 12.5 Å². The Morgan fingerprint density at radius 1 is 1.25 bits per heavy atom. The van der Waals surface area contributed by atoms with E-state index in [1.54, 1.807) is 17.0 Å². The van der Waals surface area contributed by atoms with Crippen LogP contribution in [0.5, 0.6) is 0 Å². The van der Waals surface area contributed by atoms with E-state index in [1.165, 1.54) is 0 Å². The van der Waals surface area contributed by atoms with Crippen LogP contribution >= 0.6 is 27.5 Å². The first-order valence-electron chi connectivity index (χ1n) is 8.76. The first kappa shape index (κ1) is 20.4. The lowest BCUT2D eigenvalue weighted by atomic mass is 10.1. The topological polar surface area (TPSA) is 78.5 Å². The van der Waals surface area contributed by atoms with Crippen LogP contribution in [0.25, 0.3) is 0 Å². The Morgan fingerprint density at radius 3 is 2.75 bits per heavy atom. The summed E-state index contributed by atoms with van der Waals surface area (Å²) in [6.07, 6.45) is 0.405. The Labute approximate surface area is 176 Å². The molecule has 2 N–H and O–H groups in total. The predicted molar refractivity (Wildman–Crippen MR) is 112 cm³/mol. The maximum atomic E-state index is 12.6. The summed E-state index contributed by atoms with van der Waals surface area (Å²) >= 11 is 9.47. The van der Waals surface area contributed by atoms with Crippen LogP contribution in [0.3, 0.4) is 0 Å². The molecule has 1 saturated heterocycles. The third-order valence-corrected chi connectivity index (χ3v) is 5.27. The Hall–Kier alpha value is -2.38. The number of carbonyl (C=O) groups excluding carboxylic acids is 3. The second kappa shape index (κ2) is 8.75. The molecule has 6 nitrogen and oxygen atoms in total. The summed E-state index contributed by atoms with van der Waals surface area (Å²) < 4.78 is 0.858. The molecule has 28 heavy (non-hydrogen) atoms. The molecule has 2 aromatic carbocycles. The maximum absolute atomic E-state index is 12.6. The number of nitrogens with zero attached hydrogens (tertiary/aromatic N) is 1. The summed E-state index contributed by atoms with van der Waals surface area (Å²) in [6, 6.07) is 12.6. The molecular weight excluding hydrogens is 446 g/mol. The first-order chi connectivity index (χ1) is 13.3. The van der Waals surface area contributed by atoms with Crippen LogP contribution in [0.15, 0.2) is 46.9 Å². The van der Waals surface area contributed by atoms with Gasteiger partial charge in [0, 0.05) is 16.7 Å². The fourth-order valence-electron chi connectivity index (χ4n) is 3.03. The molecule has 1 heterocycles. The molecule has 0 saturated carbocycles. The highest BCUT2D eigenvalue weighted by atomic mass is 79.9. The zero-order valence-electron chi connectivity index (χ0n) is 15.2. The quantitative estimate of drug-likeness (QED) is 0.665. The SMILES string of the molecule is Cc1ccc(NC(=O)CNC(=O)C2CCN(c3cccc(Br)c3)C2=O)c(Cl)c1. The normalized spacial score (nSPS) is 16.2. The van der Waals surface area contributed by atoms with Crippen LogP contribution in [-0.2, 0) is 14.4 Å². The lowest BCUT2D eigenvalue weighted by Gasteiger charge is -2.17. The fraction of sp³-hybridized carbons (Fsp3) is 0.250. The third-order valence-electron chi connectivity index (χ3n) is 4.46. The van der Waals surface area contributed by atoms with Gasteiger partial charge in [0.05, 0.1) is 17.3 Å². The fourth-order valence-corrected chi connectivity index (χ4v) is 3.70. The number of nitrogens with one attached hydrogen (secondary N) is 2. The zero-order valence-corrected chi connectivity index (χ0v) is 17.5. The number of hydrogen-bond donors (Lipinski definition) is 2. The molecular formula is C20H19BrClN3O3. The number of benzene rings is 2. The molecule has 3 amide bonds. The average Bonchev–Trinajstić information content (AvgIpc) is 3.03. The predicted octanol–water partition coefficient (Wildman–Crippen LogP) is 3.52. The van der Waals surface area contributed by atoms with Gasteiger partial charge in [0.15, 0.2) is 0 Å². The summed E-state index contributed by atoms with van der Waals surface area (Å²) in [7, 11) is 0. The van der Waals surface area contributed by atoms with Crippen molar-refractivity contribution < 1.29 is 14.4 Å². The van der Waals surface area contributed by atoms with Crippen molar-refractivity contribution in [3.8, 4) is 0 Å². The molecule has 0 radical (unpaired) electrons. The van der Waals surface area contributed by atoms with Crippen LogP contribution in [0.4, 0.5) is 11.4 Å². The van der Waals surface area contributed by atoms with Gasteiger partial charge < -0.3 is 15.5 Å². The van der Waals surface area contributed by atoms with E-state index < -0.39 is 17.7 Å². The van der Waals surface area contributed by atoms with Gasteiger partial charge in [-0.3, -0.25) is 14.4 Å². The minimum atomic E-state index is -0.797. The summed E-state index contributed by atoms with van der Waals surface area (Å²) in [5.41, 5.74) is 2.19. The molecule has 0 spiro atoms. The molecule has 1 aliphatic rings. The molecule has 8 heteroatoms. The van der Waals surface area contributed by atoms with E-state index >= 15 is 0 Å². The molecule has 1 fully saturated rings. The monoisotopic (exact) mass is 463 g/mol. The summed E-state index contributed by atoms with van der Waals surface area (Å²) in [5.74, 6) is -1.92. The largest absolute Gasteiger partial charge is 0.346 e. The van der Waals surface area contributed by atoms with Crippen molar-refractivity contribution in [2.24, 2.45) is 5.92 Å². The highest BCUT2D eigenvalue weighted by Crippen LogP contribution is 2.27. The van der Waals surface area contributed by atoms with E-state index in [4.69, 9.17) is 11.6 Å². The zero-order chi connectivity index (χ0) is 20.3.